The Kier molecular flexibility index (Phi) is 12.6. The molecule has 0 aliphatic heterocycles. The van der Waals surface area contributed by atoms with Crippen molar-refractivity contribution in [3.05, 3.63) is 0 Å². The lowest BCUT2D eigenvalue weighted by atomic mass is 10.1. The standard InChI is InChI=1S/C15H27O4/c1-2-3-4-9-12-15(18)19-13-10-7-5-6-8-11-14(16)17/h2-13H2,1H3. The van der Waals surface area contributed by atoms with E-state index in [-0.39, 0.29) is 12.4 Å². The molecule has 4 nitrogen and oxygen atoms in total. The maximum atomic E-state index is 11.3. The summed E-state index contributed by atoms with van der Waals surface area (Å²) in [6.45, 7) is 2.64. The average molecular weight is 271 g/mol. The van der Waals surface area contributed by atoms with Gasteiger partial charge in [0.2, 0.25) is 0 Å². The van der Waals surface area contributed by atoms with Crippen LogP contribution in [0.25, 0.3) is 0 Å². The van der Waals surface area contributed by atoms with E-state index in [1.165, 1.54) is 12.8 Å². The lowest BCUT2D eigenvalue weighted by molar-refractivity contribution is -0.144. The molecular weight excluding hydrogens is 244 g/mol. The first-order valence-electron chi connectivity index (χ1n) is 7.52. The SMILES string of the molecule is CCCCCCC(=O)OCCCCCCCC([O])=O. The fraction of sp³-hybridized carbons (Fsp3) is 0.867. The molecule has 0 fully saturated rings. The Hall–Kier alpha value is -1.06. The van der Waals surface area contributed by atoms with Crippen LogP contribution in [0.1, 0.15) is 77.6 Å². The number of hydrogen-bond donors (Lipinski definition) is 0. The van der Waals surface area contributed by atoms with Crippen molar-refractivity contribution >= 4 is 11.9 Å². The lowest BCUT2D eigenvalue weighted by Gasteiger charge is -2.04. The molecule has 19 heavy (non-hydrogen) atoms. The summed E-state index contributed by atoms with van der Waals surface area (Å²) in [5.41, 5.74) is 0. The number of unbranched alkanes of at least 4 members (excludes halogenated alkanes) is 7. The maximum Gasteiger partial charge on any atom is 0.355 e. The quantitative estimate of drug-likeness (QED) is 0.378. The summed E-state index contributed by atoms with van der Waals surface area (Å²) in [5.74, 6) is -1.06. The van der Waals surface area contributed by atoms with Crippen LogP contribution in [0, 0.1) is 0 Å². The first-order valence-corrected chi connectivity index (χ1v) is 7.52. The van der Waals surface area contributed by atoms with Gasteiger partial charge in [-0.1, -0.05) is 45.4 Å². The molecule has 4 heteroatoms. The number of carbonyl (C=O) groups excluding carboxylic acids is 2. The molecule has 0 N–H and O–H groups in total. The van der Waals surface area contributed by atoms with Gasteiger partial charge in [-0.2, -0.15) is 0 Å². The van der Waals surface area contributed by atoms with Crippen molar-refractivity contribution < 1.29 is 19.4 Å². The van der Waals surface area contributed by atoms with Crippen LogP contribution < -0.4 is 0 Å². The van der Waals surface area contributed by atoms with Crippen molar-refractivity contribution in [2.75, 3.05) is 6.61 Å². The smallest absolute Gasteiger partial charge is 0.355 e. The predicted molar refractivity (Wildman–Crippen MR) is 73.1 cm³/mol. The second kappa shape index (κ2) is 13.4. The topological polar surface area (TPSA) is 63.3 Å². The molecular formula is C15H27O4. The highest BCUT2D eigenvalue weighted by Crippen LogP contribution is 2.07. The summed E-state index contributed by atoms with van der Waals surface area (Å²) >= 11 is 0. The highest BCUT2D eigenvalue weighted by molar-refractivity contribution is 5.69. The highest BCUT2D eigenvalue weighted by atomic mass is 16.5. The van der Waals surface area contributed by atoms with E-state index in [0.717, 1.165) is 38.5 Å². The maximum absolute atomic E-state index is 11.3. The number of esters is 1. The van der Waals surface area contributed by atoms with Gasteiger partial charge in [-0.25, -0.2) is 9.90 Å². The molecule has 0 aliphatic carbocycles. The van der Waals surface area contributed by atoms with Crippen LogP contribution in [0.15, 0.2) is 0 Å². The molecule has 0 aromatic rings. The second-order valence-corrected chi connectivity index (χ2v) is 4.92. The van der Waals surface area contributed by atoms with Crippen molar-refractivity contribution in [2.24, 2.45) is 0 Å². The van der Waals surface area contributed by atoms with Crippen molar-refractivity contribution in [1.29, 1.82) is 0 Å². The summed E-state index contributed by atoms with van der Waals surface area (Å²) < 4.78 is 5.12. The van der Waals surface area contributed by atoms with Crippen molar-refractivity contribution in [3.8, 4) is 0 Å². The minimum absolute atomic E-state index is 0.0898. The molecule has 0 aromatic carbocycles. The Morgan fingerprint density at radius 1 is 0.789 bits per heavy atom. The zero-order valence-corrected chi connectivity index (χ0v) is 12.1. The first kappa shape index (κ1) is 17.9. The van der Waals surface area contributed by atoms with Gasteiger partial charge in [0.05, 0.1) is 13.0 Å². The van der Waals surface area contributed by atoms with Crippen LogP contribution in [0.4, 0.5) is 0 Å². The van der Waals surface area contributed by atoms with E-state index in [4.69, 9.17) is 4.74 Å². The van der Waals surface area contributed by atoms with Gasteiger partial charge in [-0.05, 0) is 19.3 Å². The molecule has 0 saturated heterocycles. The molecule has 0 spiro atoms. The molecule has 0 unspecified atom stereocenters. The predicted octanol–water partition coefficient (Wildman–Crippen LogP) is 3.80. The fourth-order valence-electron chi connectivity index (χ4n) is 1.86. The molecule has 111 valence electrons. The number of ether oxygens (including phenoxy) is 1. The Balaban J connectivity index is 3.16. The van der Waals surface area contributed by atoms with Crippen LogP contribution in [-0.2, 0) is 19.4 Å². The van der Waals surface area contributed by atoms with Crippen molar-refractivity contribution in [1.82, 2.24) is 0 Å². The Bertz CT molecular complexity index is 238. The van der Waals surface area contributed by atoms with E-state index in [1.54, 1.807) is 0 Å². The molecule has 0 aromatic heterocycles. The summed E-state index contributed by atoms with van der Waals surface area (Å²) in [7, 11) is 0. The van der Waals surface area contributed by atoms with Crippen LogP contribution in [-0.4, -0.2) is 18.5 Å². The van der Waals surface area contributed by atoms with Gasteiger partial charge in [-0.3, -0.25) is 4.79 Å². The summed E-state index contributed by atoms with van der Waals surface area (Å²) in [6.07, 6.45) is 9.48. The molecule has 0 atom stereocenters. The summed E-state index contributed by atoms with van der Waals surface area (Å²) in [6, 6.07) is 0. The zero-order chi connectivity index (χ0) is 14.3. The van der Waals surface area contributed by atoms with E-state index >= 15 is 0 Å². The fourth-order valence-corrected chi connectivity index (χ4v) is 1.86. The molecule has 0 bridgehead atoms. The minimum atomic E-state index is -0.975. The van der Waals surface area contributed by atoms with E-state index in [0.29, 0.717) is 19.4 Å². The lowest BCUT2D eigenvalue weighted by Crippen LogP contribution is -2.05. The van der Waals surface area contributed by atoms with E-state index in [9.17, 15) is 14.7 Å². The van der Waals surface area contributed by atoms with Crippen LogP contribution in [0.2, 0.25) is 0 Å². The summed E-state index contributed by atoms with van der Waals surface area (Å²) in [5, 5.41) is 10.2. The van der Waals surface area contributed by atoms with E-state index in [1.807, 2.05) is 0 Å². The third-order valence-electron chi connectivity index (χ3n) is 3.02. The van der Waals surface area contributed by atoms with Gasteiger partial charge < -0.3 is 4.74 Å². The third kappa shape index (κ3) is 14.9. The molecule has 0 heterocycles. The Morgan fingerprint density at radius 3 is 2.05 bits per heavy atom. The molecule has 1 radical (unpaired) electrons. The molecule has 0 amide bonds. The largest absolute Gasteiger partial charge is 0.466 e. The average Bonchev–Trinajstić information content (AvgIpc) is 2.37. The molecule has 0 rings (SSSR count). The van der Waals surface area contributed by atoms with Crippen LogP contribution in [0.5, 0.6) is 0 Å². The Morgan fingerprint density at radius 2 is 1.37 bits per heavy atom. The van der Waals surface area contributed by atoms with Gasteiger partial charge in [0.25, 0.3) is 0 Å². The van der Waals surface area contributed by atoms with Crippen molar-refractivity contribution in [3.63, 3.8) is 0 Å². The monoisotopic (exact) mass is 271 g/mol. The molecule has 0 saturated carbocycles. The number of carbonyl (C=O) groups is 2. The van der Waals surface area contributed by atoms with Gasteiger partial charge in [0.1, 0.15) is 0 Å². The van der Waals surface area contributed by atoms with Crippen LogP contribution >= 0.6 is 0 Å². The van der Waals surface area contributed by atoms with Crippen molar-refractivity contribution in [2.45, 2.75) is 77.6 Å². The third-order valence-corrected chi connectivity index (χ3v) is 3.02. The van der Waals surface area contributed by atoms with Gasteiger partial charge in [0, 0.05) is 6.42 Å². The summed E-state index contributed by atoms with van der Waals surface area (Å²) in [4.78, 5) is 21.5. The van der Waals surface area contributed by atoms with Gasteiger partial charge >= 0.3 is 11.9 Å². The first-order chi connectivity index (χ1) is 9.16. The number of rotatable bonds is 13. The van der Waals surface area contributed by atoms with E-state index < -0.39 is 5.97 Å². The van der Waals surface area contributed by atoms with Gasteiger partial charge in [0.15, 0.2) is 0 Å². The zero-order valence-electron chi connectivity index (χ0n) is 12.1. The van der Waals surface area contributed by atoms with Gasteiger partial charge in [-0.15, -0.1) is 0 Å². The van der Waals surface area contributed by atoms with E-state index in [2.05, 4.69) is 6.92 Å². The molecule has 0 aliphatic rings. The minimum Gasteiger partial charge on any atom is -0.466 e. The Labute approximate surface area is 116 Å². The highest BCUT2D eigenvalue weighted by Gasteiger charge is 2.02. The normalized spacial score (nSPS) is 10.4. The second-order valence-electron chi connectivity index (χ2n) is 4.92. The number of hydrogen-bond acceptors (Lipinski definition) is 3. The van der Waals surface area contributed by atoms with Crippen LogP contribution in [0.3, 0.4) is 0 Å².